The van der Waals surface area contributed by atoms with Crippen molar-refractivity contribution in [2.45, 2.75) is 25.8 Å². The first kappa shape index (κ1) is 23.1. The molecule has 11 heteroatoms. The number of hydrogen-bond donors (Lipinski definition) is 0. The largest absolute Gasteiger partial charge is 0.368 e. The van der Waals surface area contributed by atoms with Crippen LogP contribution in [-0.2, 0) is 14.8 Å². The first-order chi connectivity index (χ1) is 13.4. The van der Waals surface area contributed by atoms with Gasteiger partial charge in [-0.1, -0.05) is 17.7 Å². The van der Waals surface area contributed by atoms with Gasteiger partial charge in [0.05, 0.1) is 18.0 Å². The van der Waals surface area contributed by atoms with Crippen molar-refractivity contribution < 1.29 is 13.2 Å². The Bertz CT molecular complexity index is 999. The predicted octanol–water partition coefficient (Wildman–Crippen LogP) is 2.91. The molecule has 2 rings (SSSR count). The third-order valence-corrected chi connectivity index (χ3v) is 6.28. The number of amides is 1. The van der Waals surface area contributed by atoms with Crippen molar-refractivity contribution in [3.63, 3.8) is 0 Å². The van der Waals surface area contributed by atoms with Crippen LogP contribution in [0.3, 0.4) is 0 Å². The van der Waals surface area contributed by atoms with Crippen molar-refractivity contribution in [1.82, 2.24) is 9.80 Å². The van der Waals surface area contributed by atoms with Crippen LogP contribution >= 0.6 is 23.8 Å². The molecular formula is C18H22ClN5O3S2. The fraction of sp³-hybridized carbons (Fsp3) is 0.444. The quantitative estimate of drug-likeness (QED) is 0.272. The minimum Gasteiger partial charge on any atom is -0.368 e. The lowest BCUT2D eigenvalue weighted by Crippen LogP contribution is -2.44. The van der Waals surface area contributed by atoms with Crippen LogP contribution in [0.1, 0.15) is 20.3 Å². The first-order valence-corrected chi connectivity index (χ1v) is 11.1. The third kappa shape index (κ3) is 5.04. The van der Waals surface area contributed by atoms with Crippen LogP contribution in [0.4, 0.5) is 11.4 Å². The second kappa shape index (κ2) is 8.65. The molecule has 0 atom stereocenters. The molecule has 29 heavy (non-hydrogen) atoms. The van der Waals surface area contributed by atoms with E-state index in [-0.39, 0.29) is 40.4 Å². The summed E-state index contributed by atoms with van der Waals surface area (Å²) in [5, 5.41) is 0.495. The molecule has 0 spiro atoms. The number of thiocarbonyl (C=S) groups is 1. The number of rotatable bonds is 7. The Morgan fingerprint density at radius 1 is 1.38 bits per heavy atom. The van der Waals surface area contributed by atoms with Crippen LogP contribution in [0.2, 0.25) is 5.02 Å². The normalized spacial score (nSPS) is 16.6. The van der Waals surface area contributed by atoms with Crippen LogP contribution in [0.5, 0.6) is 0 Å². The molecule has 1 fully saturated rings. The van der Waals surface area contributed by atoms with E-state index in [4.69, 9.17) is 30.4 Å². The van der Waals surface area contributed by atoms with E-state index in [1.165, 1.54) is 28.3 Å². The van der Waals surface area contributed by atoms with Crippen LogP contribution in [0.25, 0.3) is 4.85 Å². The van der Waals surface area contributed by atoms with E-state index in [9.17, 15) is 13.2 Å². The molecule has 1 amide bonds. The molecule has 1 aromatic rings. The number of halogens is 1. The highest BCUT2D eigenvalue weighted by atomic mass is 35.5. The zero-order chi connectivity index (χ0) is 22.0. The summed E-state index contributed by atoms with van der Waals surface area (Å²) in [7, 11) is -0.238. The van der Waals surface area contributed by atoms with Crippen molar-refractivity contribution in [1.29, 1.82) is 0 Å². The van der Waals surface area contributed by atoms with Gasteiger partial charge in [0.2, 0.25) is 5.69 Å². The molecule has 1 saturated heterocycles. The molecule has 0 radical (unpaired) electrons. The summed E-state index contributed by atoms with van der Waals surface area (Å²) in [4.78, 5) is 20.9. The van der Waals surface area contributed by atoms with E-state index < -0.39 is 15.6 Å². The second-order valence-corrected chi connectivity index (χ2v) is 9.76. The number of hydrogen-bond acceptors (Lipinski definition) is 4. The summed E-state index contributed by atoms with van der Waals surface area (Å²) in [5.41, 5.74) is -0.192. The number of carbonyl (C=O) groups is 1. The topological polar surface area (TPSA) is 77.6 Å². The average Bonchev–Trinajstić information content (AvgIpc) is 2.79. The molecule has 1 aromatic carbocycles. The second-order valence-electron chi connectivity index (χ2n) is 7.21. The molecule has 0 unspecified atom stereocenters. The van der Waals surface area contributed by atoms with Gasteiger partial charge < -0.3 is 9.80 Å². The van der Waals surface area contributed by atoms with E-state index in [1.807, 2.05) is 0 Å². The highest BCUT2D eigenvalue weighted by Crippen LogP contribution is 2.36. The van der Waals surface area contributed by atoms with Crippen LogP contribution in [-0.4, -0.2) is 67.5 Å². The monoisotopic (exact) mass is 455 g/mol. The van der Waals surface area contributed by atoms with E-state index in [0.717, 1.165) is 0 Å². The molecule has 1 aliphatic heterocycles. The summed E-state index contributed by atoms with van der Waals surface area (Å²) >= 11 is 11.6. The Morgan fingerprint density at radius 2 is 2.03 bits per heavy atom. The van der Waals surface area contributed by atoms with Gasteiger partial charge in [0.15, 0.2) is 5.11 Å². The van der Waals surface area contributed by atoms with Gasteiger partial charge in [0.25, 0.3) is 15.9 Å². The highest BCUT2D eigenvalue weighted by Gasteiger charge is 2.49. The predicted molar refractivity (Wildman–Crippen MR) is 119 cm³/mol. The number of nitrogens with zero attached hydrogens (tertiary/aromatic N) is 5. The fourth-order valence-corrected chi connectivity index (χ4v) is 4.44. The summed E-state index contributed by atoms with van der Waals surface area (Å²) in [5.74, 6) is -0.408. The maximum atomic E-state index is 13.0. The SMILES string of the molecule is [C-]#[N+]c1ccc(N2C(=O)C(C)(C)N(CCCS(=O)(=O)/N=C/N(C)C)C2=S)cc1Cl. The molecular weight excluding hydrogens is 434 g/mol. The zero-order valence-corrected chi connectivity index (χ0v) is 19.0. The number of carbonyl (C=O) groups excluding carboxylic acids is 1. The standard InChI is InChI=1S/C18H22ClN5O3S2/c1-18(2)16(25)24(13-7-8-15(20-3)14(19)11-13)17(28)23(18)9-6-10-29(26,27)21-12-22(4)5/h7-8,11-12H,6,9-10H2,1-2,4-5H3/b21-12+. The van der Waals surface area contributed by atoms with Crippen molar-refractivity contribution in [2.24, 2.45) is 4.40 Å². The summed E-state index contributed by atoms with van der Waals surface area (Å²) in [6, 6.07) is 4.67. The van der Waals surface area contributed by atoms with Gasteiger partial charge in [-0.2, -0.15) is 4.40 Å². The van der Waals surface area contributed by atoms with Gasteiger partial charge in [0.1, 0.15) is 11.9 Å². The molecule has 156 valence electrons. The average molecular weight is 456 g/mol. The van der Waals surface area contributed by atoms with Crippen molar-refractivity contribution in [2.75, 3.05) is 31.3 Å². The lowest BCUT2D eigenvalue weighted by Gasteiger charge is -2.29. The Kier molecular flexibility index (Phi) is 6.88. The van der Waals surface area contributed by atoms with E-state index in [1.54, 1.807) is 38.9 Å². The van der Waals surface area contributed by atoms with Gasteiger partial charge in [-0.15, -0.1) is 0 Å². The molecule has 0 saturated carbocycles. The van der Waals surface area contributed by atoms with Crippen LogP contribution < -0.4 is 4.90 Å². The van der Waals surface area contributed by atoms with Gasteiger partial charge in [-0.05, 0) is 44.6 Å². The summed E-state index contributed by atoms with van der Waals surface area (Å²) < 4.78 is 27.6. The minimum absolute atomic E-state index is 0.160. The van der Waals surface area contributed by atoms with Gasteiger partial charge in [-0.25, -0.2) is 13.3 Å². The maximum Gasteiger partial charge on any atom is 0.258 e. The zero-order valence-electron chi connectivity index (χ0n) is 16.6. The smallest absolute Gasteiger partial charge is 0.258 e. The lowest BCUT2D eigenvalue weighted by atomic mass is 10.0. The molecule has 0 N–H and O–H groups in total. The van der Waals surface area contributed by atoms with Crippen LogP contribution in [0.15, 0.2) is 22.6 Å². The highest BCUT2D eigenvalue weighted by molar-refractivity contribution is 7.90. The Morgan fingerprint density at radius 3 is 2.59 bits per heavy atom. The Labute approximate surface area is 181 Å². The van der Waals surface area contributed by atoms with E-state index >= 15 is 0 Å². The number of benzene rings is 1. The Hall–Kier alpha value is -2.22. The van der Waals surface area contributed by atoms with Crippen molar-refractivity contribution in [3.05, 3.63) is 34.6 Å². The molecule has 8 nitrogen and oxygen atoms in total. The molecule has 1 heterocycles. The minimum atomic E-state index is -3.60. The molecule has 0 bridgehead atoms. The fourth-order valence-electron chi connectivity index (χ4n) is 2.79. The van der Waals surface area contributed by atoms with Gasteiger partial charge in [-0.3, -0.25) is 9.69 Å². The van der Waals surface area contributed by atoms with Crippen molar-refractivity contribution >= 4 is 62.6 Å². The lowest BCUT2D eigenvalue weighted by molar-refractivity contribution is -0.123. The van der Waals surface area contributed by atoms with E-state index in [0.29, 0.717) is 5.69 Å². The summed E-state index contributed by atoms with van der Waals surface area (Å²) in [6.07, 6.45) is 1.50. The maximum absolute atomic E-state index is 13.0. The number of sulfonamides is 1. The van der Waals surface area contributed by atoms with Crippen LogP contribution in [0, 0.1) is 6.57 Å². The molecule has 0 aliphatic carbocycles. The number of anilines is 1. The van der Waals surface area contributed by atoms with Crippen molar-refractivity contribution in [3.8, 4) is 0 Å². The Balaban J connectivity index is 2.18. The third-order valence-electron chi connectivity index (χ3n) is 4.36. The van der Waals surface area contributed by atoms with E-state index in [2.05, 4.69) is 9.24 Å². The first-order valence-electron chi connectivity index (χ1n) is 8.68. The van der Waals surface area contributed by atoms with Gasteiger partial charge in [0, 0.05) is 25.7 Å². The molecule has 0 aromatic heterocycles. The van der Waals surface area contributed by atoms with Gasteiger partial charge >= 0.3 is 0 Å². The summed E-state index contributed by atoms with van der Waals surface area (Å²) in [6.45, 7) is 10.8. The molecule has 1 aliphatic rings.